The third-order valence-electron chi connectivity index (χ3n) is 5.18. The molecule has 0 saturated heterocycles. The number of hydrogen-bond acceptors (Lipinski definition) is 7. The van der Waals surface area contributed by atoms with Crippen molar-refractivity contribution in [2.24, 2.45) is 5.41 Å². The maximum atomic E-state index is 13.3. The van der Waals surface area contributed by atoms with Crippen molar-refractivity contribution < 1.29 is 24.2 Å². The van der Waals surface area contributed by atoms with E-state index in [1.165, 1.54) is 12.5 Å². The van der Waals surface area contributed by atoms with Crippen LogP contribution in [0.2, 0.25) is 0 Å². The van der Waals surface area contributed by atoms with Crippen molar-refractivity contribution in [2.45, 2.75) is 19.8 Å². The number of ether oxygens (including phenoxy) is 2. The van der Waals surface area contributed by atoms with Crippen LogP contribution in [0, 0.1) is 5.41 Å². The fourth-order valence-corrected chi connectivity index (χ4v) is 4.32. The Hall–Kier alpha value is -3.39. The number of para-hydroxylation sites is 1. The number of aromatic hydroxyl groups is 1. The Labute approximate surface area is 177 Å². The summed E-state index contributed by atoms with van der Waals surface area (Å²) in [6.45, 7) is 3.70. The molecule has 1 aliphatic heterocycles. The number of phenolic OH excluding ortho intramolecular Hbond substituents is 1. The highest BCUT2D eigenvalue weighted by Crippen LogP contribution is 2.52. The second-order valence-corrected chi connectivity index (χ2v) is 8.36. The molecule has 1 amide bonds. The normalized spacial score (nSPS) is 14.8. The van der Waals surface area contributed by atoms with Crippen molar-refractivity contribution in [3.63, 3.8) is 0 Å². The van der Waals surface area contributed by atoms with E-state index in [0.29, 0.717) is 16.6 Å². The van der Waals surface area contributed by atoms with E-state index in [1.54, 1.807) is 18.2 Å². The van der Waals surface area contributed by atoms with Gasteiger partial charge in [0.05, 0.1) is 12.5 Å². The first-order valence-corrected chi connectivity index (χ1v) is 10.1. The SMILES string of the molecule is COC(=O)c1csc(NC(=O)C(C)(C)C2c3ccccc3Oc3cc(O)ccc32)n1. The van der Waals surface area contributed by atoms with Gasteiger partial charge in [0.15, 0.2) is 10.8 Å². The predicted molar refractivity (Wildman–Crippen MR) is 112 cm³/mol. The highest BCUT2D eigenvalue weighted by atomic mass is 32.1. The van der Waals surface area contributed by atoms with E-state index >= 15 is 0 Å². The lowest BCUT2D eigenvalue weighted by Crippen LogP contribution is -2.38. The van der Waals surface area contributed by atoms with Crippen LogP contribution in [0.1, 0.15) is 41.4 Å². The number of phenols is 1. The largest absolute Gasteiger partial charge is 0.508 e. The predicted octanol–water partition coefficient (Wildman–Crippen LogP) is 4.54. The van der Waals surface area contributed by atoms with E-state index in [9.17, 15) is 14.7 Å². The number of thiazole rings is 1. The average Bonchev–Trinajstić information content (AvgIpc) is 3.19. The molecule has 0 spiro atoms. The molecule has 3 aromatic rings. The van der Waals surface area contributed by atoms with E-state index in [0.717, 1.165) is 22.5 Å². The summed E-state index contributed by atoms with van der Waals surface area (Å²) in [6, 6.07) is 12.4. The van der Waals surface area contributed by atoms with E-state index < -0.39 is 11.4 Å². The van der Waals surface area contributed by atoms with Gasteiger partial charge in [-0.15, -0.1) is 11.3 Å². The standard InChI is InChI=1S/C22H20N2O5S/c1-22(2,20(27)24-21-23-15(11-30-21)19(26)28-3)18-13-6-4-5-7-16(13)29-17-10-12(25)8-9-14(17)18/h4-11,18,25H,1-3H3,(H,23,24,27). The van der Waals surface area contributed by atoms with Gasteiger partial charge in [-0.2, -0.15) is 0 Å². The van der Waals surface area contributed by atoms with Gasteiger partial charge in [0.1, 0.15) is 17.2 Å². The van der Waals surface area contributed by atoms with Gasteiger partial charge in [-0.25, -0.2) is 9.78 Å². The molecule has 0 saturated carbocycles. The van der Waals surface area contributed by atoms with Crippen LogP contribution in [0.4, 0.5) is 5.13 Å². The summed E-state index contributed by atoms with van der Waals surface area (Å²) in [6.07, 6.45) is 0. The van der Waals surface area contributed by atoms with Gasteiger partial charge in [0, 0.05) is 28.5 Å². The van der Waals surface area contributed by atoms with Gasteiger partial charge in [-0.05, 0) is 12.1 Å². The Morgan fingerprint density at radius 3 is 2.67 bits per heavy atom. The molecule has 2 N–H and O–H groups in total. The van der Waals surface area contributed by atoms with Crippen molar-refractivity contribution >= 4 is 28.3 Å². The summed E-state index contributed by atoms with van der Waals surface area (Å²) in [5, 5.41) is 14.6. The smallest absolute Gasteiger partial charge is 0.357 e. The fourth-order valence-electron chi connectivity index (χ4n) is 3.64. The van der Waals surface area contributed by atoms with Crippen LogP contribution in [0.5, 0.6) is 17.2 Å². The summed E-state index contributed by atoms with van der Waals surface area (Å²) in [7, 11) is 1.28. The summed E-state index contributed by atoms with van der Waals surface area (Å²) in [4.78, 5) is 29.1. The Kier molecular flexibility index (Phi) is 4.95. The second-order valence-electron chi connectivity index (χ2n) is 7.50. The van der Waals surface area contributed by atoms with Crippen LogP contribution in [0.15, 0.2) is 47.8 Å². The summed E-state index contributed by atoms with van der Waals surface area (Å²) >= 11 is 1.16. The molecular formula is C22H20N2O5S. The Bertz CT molecular complexity index is 1140. The Balaban J connectivity index is 1.70. The number of nitrogens with zero attached hydrogens (tertiary/aromatic N) is 1. The number of amides is 1. The van der Waals surface area contributed by atoms with Crippen LogP contribution < -0.4 is 10.1 Å². The number of methoxy groups -OCH3 is 1. The highest BCUT2D eigenvalue weighted by molar-refractivity contribution is 7.14. The quantitative estimate of drug-likeness (QED) is 0.597. The van der Waals surface area contributed by atoms with Crippen molar-refractivity contribution in [1.29, 1.82) is 0 Å². The van der Waals surface area contributed by atoms with Gasteiger partial charge < -0.3 is 19.9 Å². The fraction of sp³-hybridized carbons (Fsp3) is 0.227. The minimum Gasteiger partial charge on any atom is -0.508 e. The zero-order valence-corrected chi connectivity index (χ0v) is 17.4. The molecule has 0 radical (unpaired) electrons. The lowest BCUT2D eigenvalue weighted by atomic mass is 9.69. The van der Waals surface area contributed by atoms with Gasteiger partial charge in [-0.1, -0.05) is 38.1 Å². The molecule has 1 aromatic heterocycles. The second kappa shape index (κ2) is 7.46. The maximum Gasteiger partial charge on any atom is 0.357 e. The monoisotopic (exact) mass is 424 g/mol. The first-order chi connectivity index (χ1) is 14.3. The number of benzene rings is 2. The minimum absolute atomic E-state index is 0.0901. The first-order valence-electron chi connectivity index (χ1n) is 9.26. The number of carbonyl (C=O) groups is 2. The molecule has 7 nitrogen and oxygen atoms in total. The third kappa shape index (κ3) is 3.39. The summed E-state index contributed by atoms with van der Waals surface area (Å²) in [5.74, 6) is 0.114. The van der Waals surface area contributed by atoms with Crippen LogP contribution >= 0.6 is 11.3 Å². The van der Waals surface area contributed by atoms with Crippen molar-refractivity contribution in [3.8, 4) is 17.2 Å². The molecule has 4 rings (SSSR count). The summed E-state index contributed by atoms with van der Waals surface area (Å²) < 4.78 is 10.6. The number of hydrogen-bond donors (Lipinski definition) is 2. The molecule has 154 valence electrons. The molecule has 0 fully saturated rings. The summed E-state index contributed by atoms with van der Waals surface area (Å²) in [5.41, 5.74) is 0.932. The third-order valence-corrected chi connectivity index (χ3v) is 5.94. The topological polar surface area (TPSA) is 97.8 Å². The van der Waals surface area contributed by atoms with Crippen LogP contribution in [0.3, 0.4) is 0 Å². The average molecular weight is 424 g/mol. The maximum absolute atomic E-state index is 13.3. The van der Waals surface area contributed by atoms with E-state index in [1.807, 2.05) is 38.1 Å². The molecule has 0 bridgehead atoms. The Morgan fingerprint density at radius 2 is 1.90 bits per heavy atom. The van der Waals surface area contributed by atoms with Crippen molar-refractivity contribution in [3.05, 3.63) is 64.7 Å². The van der Waals surface area contributed by atoms with Crippen LogP contribution in [-0.2, 0) is 9.53 Å². The number of rotatable bonds is 4. The zero-order chi connectivity index (χ0) is 21.5. The van der Waals surface area contributed by atoms with Crippen LogP contribution in [-0.4, -0.2) is 29.1 Å². The number of fused-ring (bicyclic) bond motifs is 2. The molecule has 2 aromatic carbocycles. The van der Waals surface area contributed by atoms with Crippen molar-refractivity contribution in [1.82, 2.24) is 4.98 Å². The van der Waals surface area contributed by atoms with E-state index in [-0.39, 0.29) is 23.3 Å². The van der Waals surface area contributed by atoms with Crippen molar-refractivity contribution in [2.75, 3.05) is 12.4 Å². The van der Waals surface area contributed by atoms with Gasteiger partial charge in [0.25, 0.3) is 0 Å². The first kappa shape index (κ1) is 19.9. The molecule has 30 heavy (non-hydrogen) atoms. The molecule has 1 aliphatic rings. The minimum atomic E-state index is -0.900. The molecular weight excluding hydrogens is 404 g/mol. The van der Waals surface area contributed by atoms with E-state index in [2.05, 4.69) is 15.0 Å². The van der Waals surface area contributed by atoms with Gasteiger partial charge in [-0.3, -0.25) is 4.79 Å². The highest BCUT2D eigenvalue weighted by Gasteiger charge is 2.43. The number of anilines is 1. The van der Waals surface area contributed by atoms with Gasteiger partial charge >= 0.3 is 5.97 Å². The molecule has 2 heterocycles. The lowest BCUT2D eigenvalue weighted by Gasteiger charge is -2.38. The van der Waals surface area contributed by atoms with Crippen LogP contribution in [0.25, 0.3) is 0 Å². The number of esters is 1. The Morgan fingerprint density at radius 1 is 1.17 bits per heavy atom. The lowest BCUT2D eigenvalue weighted by molar-refractivity contribution is -0.124. The molecule has 1 atom stereocenters. The molecule has 8 heteroatoms. The van der Waals surface area contributed by atoms with Gasteiger partial charge in [0.2, 0.25) is 5.91 Å². The number of aromatic nitrogens is 1. The number of nitrogens with one attached hydrogen (secondary N) is 1. The van der Waals surface area contributed by atoms with E-state index in [4.69, 9.17) is 4.74 Å². The molecule has 1 unspecified atom stereocenters. The molecule has 0 aliphatic carbocycles. The zero-order valence-electron chi connectivity index (χ0n) is 16.6. The number of carbonyl (C=O) groups excluding carboxylic acids is 2.